The van der Waals surface area contributed by atoms with E-state index < -0.39 is 11.8 Å². The Morgan fingerprint density at radius 2 is 1.72 bits per heavy atom. The van der Waals surface area contributed by atoms with Gasteiger partial charge in [-0.2, -0.15) is 5.10 Å². The summed E-state index contributed by atoms with van der Waals surface area (Å²) in [6.07, 6.45) is 1.50. The molecule has 0 unspecified atom stereocenters. The molecular formula is C23H29N3O6. The van der Waals surface area contributed by atoms with Crippen molar-refractivity contribution in [2.24, 2.45) is 5.10 Å². The maximum atomic E-state index is 12.3. The van der Waals surface area contributed by atoms with Gasteiger partial charge in [-0.05, 0) is 62.7 Å². The first-order valence-electron chi connectivity index (χ1n) is 10.1. The van der Waals surface area contributed by atoms with E-state index >= 15 is 0 Å². The molecule has 2 aromatic carbocycles. The number of methoxy groups -OCH3 is 2. The van der Waals surface area contributed by atoms with E-state index in [-0.39, 0.29) is 12.6 Å². The number of amides is 2. The van der Waals surface area contributed by atoms with E-state index in [2.05, 4.69) is 15.8 Å². The van der Waals surface area contributed by atoms with Gasteiger partial charge in [-0.3, -0.25) is 9.59 Å². The van der Waals surface area contributed by atoms with Crippen molar-refractivity contribution in [3.8, 4) is 23.0 Å². The molecule has 32 heavy (non-hydrogen) atoms. The summed E-state index contributed by atoms with van der Waals surface area (Å²) in [5.41, 5.74) is 3.44. The van der Waals surface area contributed by atoms with Gasteiger partial charge in [0.15, 0.2) is 23.0 Å². The number of hydrazone groups is 1. The smallest absolute Gasteiger partial charge is 0.259 e. The number of carbonyl (C=O) groups is 2. The molecule has 0 fully saturated rings. The number of benzene rings is 2. The Morgan fingerprint density at radius 1 is 1.00 bits per heavy atom. The number of nitrogens with zero attached hydrogens (tertiary/aromatic N) is 1. The molecule has 2 amide bonds. The molecule has 0 atom stereocenters. The third-order valence-corrected chi connectivity index (χ3v) is 4.09. The zero-order valence-corrected chi connectivity index (χ0v) is 18.9. The van der Waals surface area contributed by atoms with Crippen LogP contribution in [0, 0.1) is 0 Å². The van der Waals surface area contributed by atoms with Crippen LogP contribution in [0.25, 0.3) is 0 Å². The molecule has 0 bridgehead atoms. The van der Waals surface area contributed by atoms with Gasteiger partial charge in [0.1, 0.15) is 0 Å². The molecule has 0 aromatic heterocycles. The molecule has 2 rings (SSSR count). The first-order chi connectivity index (χ1) is 15.4. The number of nitrogens with one attached hydrogen (secondary N) is 2. The number of rotatable bonds is 11. The highest BCUT2D eigenvalue weighted by Crippen LogP contribution is 2.29. The van der Waals surface area contributed by atoms with E-state index in [9.17, 15) is 9.59 Å². The van der Waals surface area contributed by atoms with Crippen LogP contribution < -0.4 is 29.7 Å². The summed E-state index contributed by atoms with van der Waals surface area (Å²) in [4.78, 5) is 24.3. The first kappa shape index (κ1) is 24.5. The van der Waals surface area contributed by atoms with E-state index in [0.29, 0.717) is 35.2 Å². The Hall–Kier alpha value is -3.75. The second-order valence-electron chi connectivity index (χ2n) is 6.85. The molecule has 0 radical (unpaired) electrons. The molecule has 9 nitrogen and oxygen atoms in total. The van der Waals surface area contributed by atoms with Crippen LogP contribution in [-0.2, 0) is 4.79 Å². The average Bonchev–Trinajstić information content (AvgIpc) is 2.78. The maximum Gasteiger partial charge on any atom is 0.259 e. The maximum absolute atomic E-state index is 12.3. The van der Waals surface area contributed by atoms with Crippen molar-refractivity contribution in [3.63, 3.8) is 0 Å². The summed E-state index contributed by atoms with van der Waals surface area (Å²) in [5, 5.41) is 6.46. The van der Waals surface area contributed by atoms with Gasteiger partial charge in [-0.25, -0.2) is 5.43 Å². The van der Waals surface area contributed by atoms with Crippen LogP contribution >= 0.6 is 0 Å². The number of hydrogen-bond donors (Lipinski definition) is 2. The van der Waals surface area contributed by atoms with Crippen molar-refractivity contribution in [1.29, 1.82) is 0 Å². The van der Waals surface area contributed by atoms with E-state index in [1.807, 2.05) is 20.8 Å². The van der Waals surface area contributed by atoms with Crippen molar-refractivity contribution in [3.05, 3.63) is 47.5 Å². The van der Waals surface area contributed by atoms with Gasteiger partial charge in [-0.1, -0.05) is 0 Å². The SMILES string of the molecule is CCOc1cc(/C=N\NC(=O)CNC(=O)c2ccc(OC)c(OC)c2)ccc1OC(C)C. The molecule has 2 N–H and O–H groups in total. The van der Waals surface area contributed by atoms with Crippen LogP contribution in [-0.4, -0.2) is 51.5 Å². The standard InChI is InChI=1S/C23H29N3O6/c1-6-31-21-11-16(7-9-19(21)32-15(2)3)13-25-26-22(27)14-24-23(28)17-8-10-18(29-4)20(12-17)30-5/h7-13,15H,6,14H2,1-5H3,(H,24,28)(H,26,27)/b25-13-. The van der Waals surface area contributed by atoms with E-state index in [4.69, 9.17) is 18.9 Å². The lowest BCUT2D eigenvalue weighted by Crippen LogP contribution is -2.34. The first-order valence-corrected chi connectivity index (χ1v) is 10.1. The molecule has 0 spiro atoms. The Morgan fingerprint density at radius 3 is 2.38 bits per heavy atom. The quantitative estimate of drug-likeness (QED) is 0.409. The number of ether oxygens (including phenoxy) is 4. The Bertz CT molecular complexity index is 959. The zero-order chi connectivity index (χ0) is 23.5. The van der Waals surface area contributed by atoms with Crippen LogP contribution in [0.2, 0.25) is 0 Å². The second-order valence-corrected chi connectivity index (χ2v) is 6.85. The van der Waals surface area contributed by atoms with Crippen molar-refractivity contribution >= 4 is 18.0 Å². The molecule has 0 aliphatic rings. The van der Waals surface area contributed by atoms with Crippen molar-refractivity contribution in [2.45, 2.75) is 26.9 Å². The summed E-state index contributed by atoms with van der Waals surface area (Å²) in [6, 6.07) is 10.1. The fourth-order valence-electron chi connectivity index (χ4n) is 2.68. The lowest BCUT2D eigenvalue weighted by molar-refractivity contribution is -0.120. The van der Waals surface area contributed by atoms with Crippen LogP contribution in [0.1, 0.15) is 36.7 Å². The van der Waals surface area contributed by atoms with Crippen LogP contribution in [0.5, 0.6) is 23.0 Å². The summed E-state index contributed by atoms with van der Waals surface area (Å²) in [7, 11) is 2.99. The van der Waals surface area contributed by atoms with Gasteiger partial charge in [0.25, 0.3) is 11.8 Å². The molecule has 0 aliphatic carbocycles. The lowest BCUT2D eigenvalue weighted by atomic mass is 10.2. The minimum absolute atomic E-state index is 0.0159. The van der Waals surface area contributed by atoms with Crippen LogP contribution in [0.4, 0.5) is 0 Å². The summed E-state index contributed by atoms with van der Waals surface area (Å²) < 4.78 is 21.6. The highest BCUT2D eigenvalue weighted by Gasteiger charge is 2.12. The lowest BCUT2D eigenvalue weighted by Gasteiger charge is -2.14. The Kier molecular flexibility index (Phi) is 9.34. The molecule has 9 heteroatoms. The number of hydrogen-bond acceptors (Lipinski definition) is 7. The van der Waals surface area contributed by atoms with E-state index in [1.54, 1.807) is 30.3 Å². The molecule has 0 heterocycles. The Labute approximate surface area is 187 Å². The van der Waals surface area contributed by atoms with Crippen LogP contribution in [0.3, 0.4) is 0 Å². The molecule has 0 saturated heterocycles. The van der Waals surface area contributed by atoms with Crippen molar-refractivity contribution in [1.82, 2.24) is 10.7 Å². The van der Waals surface area contributed by atoms with Gasteiger partial charge in [-0.15, -0.1) is 0 Å². The topological polar surface area (TPSA) is 107 Å². The average molecular weight is 444 g/mol. The summed E-state index contributed by atoms with van der Waals surface area (Å²) in [5.74, 6) is 1.27. The third kappa shape index (κ3) is 7.19. The van der Waals surface area contributed by atoms with E-state index in [0.717, 1.165) is 5.56 Å². The van der Waals surface area contributed by atoms with Gasteiger partial charge < -0.3 is 24.3 Å². The van der Waals surface area contributed by atoms with Crippen molar-refractivity contribution in [2.75, 3.05) is 27.4 Å². The highest BCUT2D eigenvalue weighted by molar-refractivity contribution is 5.97. The van der Waals surface area contributed by atoms with E-state index in [1.165, 1.54) is 26.5 Å². The summed E-state index contributed by atoms with van der Waals surface area (Å²) in [6.45, 7) is 6.01. The van der Waals surface area contributed by atoms with Crippen molar-refractivity contribution < 1.29 is 28.5 Å². The minimum Gasteiger partial charge on any atom is -0.493 e. The second kappa shape index (κ2) is 12.2. The van der Waals surface area contributed by atoms with Gasteiger partial charge >= 0.3 is 0 Å². The predicted octanol–water partition coefficient (Wildman–Crippen LogP) is 2.77. The van der Waals surface area contributed by atoms with Gasteiger partial charge in [0.05, 0.1) is 39.7 Å². The fourth-order valence-corrected chi connectivity index (χ4v) is 2.68. The molecule has 0 saturated carbocycles. The Balaban J connectivity index is 1.91. The predicted molar refractivity (Wildman–Crippen MR) is 121 cm³/mol. The summed E-state index contributed by atoms with van der Waals surface area (Å²) >= 11 is 0. The zero-order valence-electron chi connectivity index (χ0n) is 18.9. The molecule has 0 aliphatic heterocycles. The third-order valence-electron chi connectivity index (χ3n) is 4.09. The van der Waals surface area contributed by atoms with Gasteiger partial charge in [0.2, 0.25) is 0 Å². The normalized spacial score (nSPS) is 10.7. The fraction of sp³-hybridized carbons (Fsp3) is 0.348. The van der Waals surface area contributed by atoms with Crippen LogP contribution in [0.15, 0.2) is 41.5 Å². The molecular weight excluding hydrogens is 414 g/mol. The van der Waals surface area contributed by atoms with Gasteiger partial charge in [0, 0.05) is 5.56 Å². The highest BCUT2D eigenvalue weighted by atomic mass is 16.5. The largest absolute Gasteiger partial charge is 0.493 e. The molecule has 2 aromatic rings. The minimum atomic E-state index is -0.472. The number of carbonyl (C=O) groups excluding carboxylic acids is 2. The molecule has 172 valence electrons. The monoisotopic (exact) mass is 443 g/mol.